The van der Waals surface area contributed by atoms with Crippen molar-refractivity contribution in [3.63, 3.8) is 0 Å². The van der Waals surface area contributed by atoms with Gasteiger partial charge in [0.15, 0.2) is 0 Å². The predicted molar refractivity (Wildman–Crippen MR) is 118 cm³/mol. The normalized spacial score (nSPS) is 12.7. The molecule has 0 aliphatic carbocycles. The van der Waals surface area contributed by atoms with E-state index in [0.717, 1.165) is 27.8 Å². The van der Waals surface area contributed by atoms with Gasteiger partial charge in [-0.2, -0.15) is 0 Å². The van der Waals surface area contributed by atoms with Crippen LogP contribution in [0.25, 0.3) is 22.3 Å². The molecular weight excluding hydrogens is 393 g/mol. The van der Waals surface area contributed by atoms with Gasteiger partial charge in [-0.25, -0.2) is 4.39 Å². The summed E-state index contributed by atoms with van der Waals surface area (Å²) < 4.78 is 19.5. The summed E-state index contributed by atoms with van der Waals surface area (Å²) in [6.07, 6.45) is 0.322. The number of carbonyl (C=O) groups excluding carboxylic acids is 2. The van der Waals surface area contributed by atoms with E-state index in [1.54, 1.807) is 24.0 Å². The van der Waals surface area contributed by atoms with Crippen molar-refractivity contribution >= 4 is 11.9 Å². The molecule has 1 heterocycles. The molecule has 0 saturated carbocycles. The van der Waals surface area contributed by atoms with Crippen molar-refractivity contribution in [3.05, 3.63) is 83.2 Å². The molecular formula is C26H24FNO3. The topological polar surface area (TPSA) is 46.6 Å². The van der Waals surface area contributed by atoms with Crippen LogP contribution < -0.4 is 0 Å². The van der Waals surface area contributed by atoms with Crippen LogP contribution in [0.3, 0.4) is 0 Å². The summed E-state index contributed by atoms with van der Waals surface area (Å²) in [6.45, 7) is 4.78. The summed E-state index contributed by atoms with van der Waals surface area (Å²) in [5.74, 6) is -0.565. The quantitative estimate of drug-likeness (QED) is 0.506. The third kappa shape index (κ3) is 4.08. The molecule has 0 saturated heterocycles. The number of hydrogen-bond acceptors (Lipinski definition) is 3. The average molecular weight is 417 g/mol. The van der Waals surface area contributed by atoms with Crippen LogP contribution in [0.2, 0.25) is 0 Å². The Balaban J connectivity index is 1.60. The molecule has 5 heteroatoms. The second-order valence-electron chi connectivity index (χ2n) is 7.63. The van der Waals surface area contributed by atoms with Crippen molar-refractivity contribution in [2.24, 2.45) is 0 Å². The predicted octanol–water partition coefficient (Wildman–Crippen LogP) is 5.38. The molecule has 0 radical (unpaired) electrons. The Morgan fingerprint density at radius 1 is 1.00 bits per heavy atom. The summed E-state index contributed by atoms with van der Waals surface area (Å²) in [6, 6.07) is 18.4. The minimum absolute atomic E-state index is 0.0501. The first-order valence-electron chi connectivity index (χ1n) is 10.4. The molecule has 158 valence electrons. The van der Waals surface area contributed by atoms with E-state index in [9.17, 15) is 14.0 Å². The minimum Gasteiger partial charge on any atom is -0.464 e. The van der Waals surface area contributed by atoms with Crippen LogP contribution in [0, 0.1) is 12.7 Å². The Kier molecular flexibility index (Phi) is 5.85. The Labute approximate surface area is 181 Å². The van der Waals surface area contributed by atoms with Gasteiger partial charge < -0.3 is 9.64 Å². The Hall–Kier alpha value is -3.47. The zero-order valence-corrected chi connectivity index (χ0v) is 17.7. The zero-order valence-electron chi connectivity index (χ0n) is 17.7. The van der Waals surface area contributed by atoms with Crippen molar-refractivity contribution in [2.45, 2.75) is 26.8 Å². The maximum atomic E-state index is 14.4. The van der Waals surface area contributed by atoms with Crippen molar-refractivity contribution < 1.29 is 18.7 Å². The SMILES string of the molecule is CCC(=O)OCCN1Cc2cc(-c3cccc(-c4ccccc4F)c3C)ccc2C1=O. The van der Waals surface area contributed by atoms with Crippen LogP contribution in [-0.2, 0) is 16.1 Å². The molecule has 0 N–H and O–H groups in total. The Bertz CT molecular complexity index is 1160. The number of nitrogens with zero attached hydrogens (tertiary/aromatic N) is 1. The van der Waals surface area contributed by atoms with Crippen LogP contribution in [0.1, 0.15) is 34.8 Å². The average Bonchev–Trinajstić information content (AvgIpc) is 3.09. The van der Waals surface area contributed by atoms with Gasteiger partial charge in [-0.15, -0.1) is 0 Å². The highest BCUT2D eigenvalue weighted by molar-refractivity contribution is 5.99. The lowest BCUT2D eigenvalue weighted by atomic mass is 9.91. The first kappa shape index (κ1) is 20.8. The van der Waals surface area contributed by atoms with Crippen LogP contribution in [0.15, 0.2) is 60.7 Å². The minimum atomic E-state index is -0.267. The number of ether oxygens (including phenoxy) is 1. The van der Waals surface area contributed by atoms with Crippen molar-refractivity contribution in [3.8, 4) is 22.3 Å². The number of fused-ring (bicyclic) bond motifs is 1. The summed E-state index contributed by atoms with van der Waals surface area (Å²) in [4.78, 5) is 25.7. The fraction of sp³-hybridized carbons (Fsp3) is 0.231. The largest absolute Gasteiger partial charge is 0.464 e. The lowest BCUT2D eigenvalue weighted by Gasteiger charge is -2.15. The maximum Gasteiger partial charge on any atom is 0.305 e. The smallest absolute Gasteiger partial charge is 0.305 e. The van der Waals surface area contributed by atoms with E-state index in [2.05, 4.69) is 0 Å². The number of halogens is 1. The fourth-order valence-electron chi connectivity index (χ4n) is 4.02. The maximum absolute atomic E-state index is 14.4. The van der Waals surface area contributed by atoms with Gasteiger partial charge >= 0.3 is 5.97 Å². The molecule has 3 aromatic rings. The Morgan fingerprint density at radius 2 is 1.74 bits per heavy atom. The van der Waals surface area contributed by atoms with Crippen LogP contribution in [0.4, 0.5) is 4.39 Å². The molecule has 4 rings (SSSR count). The molecule has 0 bridgehead atoms. The number of amides is 1. The Morgan fingerprint density at radius 3 is 2.52 bits per heavy atom. The van der Waals surface area contributed by atoms with E-state index >= 15 is 0 Å². The highest BCUT2D eigenvalue weighted by Gasteiger charge is 2.27. The highest BCUT2D eigenvalue weighted by atomic mass is 19.1. The molecule has 0 fully saturated rings. The molecule has 3 aromatic carbocycles. The van der Waals surface area contributed by atoms with Crippen molar-refractivity contribution in [2.75, 3.05) is 13.2 Å². The zero-order chi connectivity index (χ0) is 22.0. The van der Waals surface area contributed by atoms with Gasteiger partial charge in [-0.3, -0.25) is 9.59 Å². The van der Waals surface area contributed by atoms with Crippen LogP contribution >= 0.6 is 0 Å². The van der Waals surface area contributed by atoms with E-state index < -0.39 is 0 Å². The third-order valence-electron chi connectivity index (χ3n) is 5.71. The highest BCUT2D eigenvalue weighted by Crippen LogP contribution is 2.35. The van der Waals surface area contributed by atoms with E-state index in [1.165, 1.54) is 6.07 Å². The van der Waals surface area contributed by atoms with E-state index in [4.69, 9.17) is 4.74 Å². The van der Waals surface area contributed by atoms with Gasteiger partial charge in [-0.1, -0.05) is 49.4 Å². The number of rotatable bonds is 6. The number of hydrogen-bond donors (Lipinski definition) is 0. The standard InChI is InChI=1S/C26H24FNO3/c1-3-25(29)31-14-13-28-16-19-15-18(11-12-22(19)26(28)30)20-8-6-9-21(17(20)2)23-7-4-5-10-24(23)27/h4-12,15H,3,13-14,16H2,1-2H3. The second-order valence-corrected chi connectivity index (χ2v) is 7.63. The number of carbonyl (C=O) groups is 2. The molecule has 31 heavy (non-hydrogen) atoms. The fourth-order valence-corrected chi connectivity index (χ4v) is 4.02. The first-order chi connectivity index (χ1) is 15.0. The molecule has 4 nitrogen and oxygen atoms in total. The third-order valence-corrected chi connectivity index (χ3v) is 5.71. The molecule has 0 unspecified atom stereocenters. The number of esters is 1. The van der Waals surface area contributed by atoms with E-state index in [1.807, 2.05) is 49.4 Å². The van der Waals surface area contributed by atoms with E-state index in [-0.39, 0.29) is 24.3 Å². The molecule has 0 aromatic heterocycles. The second kappa shape index (κ2) is 8.72. The van der Waals surface area contributed by atoms with Gasteiger partial charge in [0.2, 0.25) is 0 Å². The number of benzene rings is 3. The summed E-state index contributed by atoms with van der Waals surface area (Å²) in [5.41, 5.74) is 6.03. The summed E-state index contributed by atoms with van der Waals surface area (Å²) in [7, 11) is 0. The molecule has 1 aliphatic rings. The summed E-state index contributed by atoms with van der Waals surface area (Å²) in [5, 5.41) is 0. The van der Waals surface area contributed by atoms with Gasteiger partial charge in [-0.05, 0) is 52.9 Å². The van der Waals surface area contributed by atoms with Gasteiger partial charge in [0.05, 0.1) is 6.54 Å². The lowest BCUT2D eigenvalue weighted by molar-refractivity contribution is -0.143. The molecule has 0 spiro atoms. The molecule has 1 amide bonds. The van der Waals surface area contributed by atoms with E-state index in [0.29, 0.717) is 30.6 Å². The van der Waals surface area contributed by atoms with Crippen LogP contribution in [0.5, 0.6) is 0 Å². The first-order valence-corrected chi connectivity index (χ1v) is 10.4. The van der Waals surface area contributed by atoms with Gasteiger partial charge in [0, 0.05) is 24.1 Å². The lowest BCUT2D eigenvalue weighted by Crippen LogP contribution is -2.28. The molecule has 0 atom stereocenters. The van der Waals surface area contributed by atoms with Gasteiger partial charge in [0.1, 0.15) is 12.4 Å². The molecule has 1 aliphatic heterocycles. The van der Waals surface area contributed by atoms with Crippen molar-refractivity contribution in [1.29, 1.82) is 0 Å². The monoisotopic (exact) mass is 417 g/mol. The van der Waals surface area contributed by atoms with Crippen molar-refractivity contribution in [1.82, 2.24) is 4.90 Å². The van der Waals surface area contributed by atoms with Crippen LogP contribution in [-0.4, -0.2) is 29.9 Å². The van der Waals surface area contributed by atoms with Gasteiger partial charge in [0.25, 0.3) is 5.91 Å². The summed E-state index contributed by atoms with van der Waals surface area (Å²) >= 11 is 0.